The Balaban J connectivity index is 1.37. The van der Waals surface area contributed by atoms with Crippen LogP contribution in [0.2, 0.25) is 0 Å². The number of hydrogen-bond donors (Lipinski definition) is 6. The molecule has 1 aliphatic carbocycles. The first-order chi connectivity index (χ1) is 22.1. The quantitative estimate of drug-likeness (QED) is 0.160. The Morgan fingerprint density at radius 3 is 1.74 bits per heavy atom. The number of halogens is 1. The number of aromatic hydroxyl groups is 2. The monoisotopic (exact) mass is 632 g/mol. The molecule has 1 saturated carbocycles. The maximum absolute atomic E-state index is 13.3. The second-order valence-electron chi connectivity index (χ2n) is 11.7. The van der Waals surface area contributed by atoms with E-state index in [4.69, 9.17) is 0 Å². The molecule has 244 valence electrons. The number of carbonyl (C=O) groups is 4. The van der Waals surface area contributed by atoms with Crippen molar-refractivity contribution in [2.75, 3.05) is 6.54 Å². The summed E-state index contributed by atoms with van der Waals surface area (Å²) in [6.07, 6.45) is 5.62. The number of aryl methyl sites for hydroxylation is 1. The Hall–Kier alpha value is -4.93. The zero-order valence-electron chi connectivity index (χ0n) is 25.6. The van der Waals surface area contributed by atoms with Crippen molar-refractivity contribution >= 4 is 23.6 Å². The summed E-state index contributed by atoms with van der Waals surface area (Å²) in [5.41, 5.74) is 2.18. The summed E-state index contributed by atoms with van der Waals surface area (Å²) >= 11 is 0. The van der Waals surface area contributed by atoms with Gasteiger partial charge in [-0.05, 0) is 72.4 Å². The average molecular weight is 633 g/mol. The second-order valence-corrected chi connectivity index (χ2v) is 11.7. The van der Waals surface area contributed by atoms with Crippen LogP contribution in [-0.4, -0.2) is 58.5 Å². The fourth-order valence-electron chi connectivity index (χ4n) is 5.41. The van der Waals surface area contributed by atoms with Crippen LogP contribution >= 0.6 is 0 Å². The predicted molar refractivity (Wildman–Crippen MR) is 170 cm³/mol. The van der Waals surface area contributed by atoms with Crippen molar-refractivity contribution in [1.29, 1.82) is 0 Å². The summed E-state index contributed by atoms with van der Waals surface area (Å²) in [4.78, 5) is 52.4. The molecule has 4 rings (SSSR count). The Labute approximate surface area is 267 Å². The summed E-state index contributed by atoms with van der Waals surface area (Å²) in [7, 11) is 0. The molecule has 0 saturated heterocycles. The lowest BCUT2D eigenvalue weighted by atomic mass is 9.95. The maximum atomic E-state index is 13.3. The molecule has 1 fully saturated rings. The molecule has 11 heteroatoms. The second kappa shape index (κ2) is 17.0. The van der Waals surface area contributed by atoms with Gasteiger partial charge in [0, 0.05) is 25.3 Å². The topological polar surface area (TPSA) is 157 Å². The molecule has 0 bridgehead atoms. The molecule has 6 N–H and O–H groups in total. The van der Waals surface area contributed by atoms with Gasteiger partial charge in [-0.2, -0.15) is 0 Å². The van der Waals surface area contributed by atoms with Gasteiger partial charge in [0.1, 0.15) is 29.4 Å². The lowest BCUT2D eigenvalue weighted by Crippen LogP contribution is -2.54. The number of amides is 4. The maximum Gasteiger partial charge on any atom is 0.243 e. The highest BCUT2D eigenvalue weighted by Crippen LogP contribution is 2.18. The first-order valence-corrected chi connectivity index (χ1v) is 15.6. The van der Waals surface area contributed by atoms with Crippen molar-refractivity contribution < 1.29 is 33.8 Å². The van der Waals surface area contributed by atoms with E-state index in [2.05, 4.69) is 21.3 Å². The van der Waals surface area contributed by atoms with Crippen LogP contribution in [0.4, 0.5) is 4.39 Å². The van der Waals surface area contributed by atoms with Gasteiger partial charge in [-0.15, -0.1) is 0 Å². The molecule has 1 aliphatic rings. The third-order valence-corrected chi connectivity index (χ3v) is 7.98. The summed E-state index contributed by atoms with van der Waals surface area (Å²) in [6.45, 7) is -0.431. The molecular weight excluding hydrogens is 591 g/mol. The summed E-state index contributed by atoms with van der Waals surface area (Å²) < 4.78 is 13.2. The number of benzene rings is 3. The van der Waals surface area contributed by atoms with E-state index in [1.807, 2.05) is 0 Å². The van der Waals surface area contributed by atoms with Gasteiger partial charge < -0.3 is 31.5 Å². The Morgan fingerprint density at radius 1 is 0.674 bits per heavy atom. The molecule has 0 heterocycles. The molecule has 4 amide bonds. The van der Waals surface area contributed by atoms with Crippen LogP contribution in [-0.2, 0) is 38.4 Å². The highest BCUT2D eigenvalue weighted by atomic mass is 19.1. The third kappa shape index (κ3) is 11.2. The highest BCUT2D eigenvalue weighted by Gasteiger charge is 2.26. The molecule has 46 heavy (non-hydrogen) atoms. The van der Waals surface area contributed by atoms with E-state index in [0.717, 1.165) is 43.2 Å². The number of nitrogens with one attached hydrogen (secondary N) is 4. The molecule has 3 aromatic carbocycles. The SMILES string of the molecule is O=C(CCc1ccc(F)cc1)N[C@@H](Cc1ccc(O)cc1)C(=O)NCC(=O)N[C@@H](Cc1ccc(O)cc1)C(=O)NC1CCCCC1. The Morgan fingerprint density at radius 2 is 1.17 bits per heavy atom. The zero-order valence-corrected chi connectivity index (χ0v) is 25.6. The van der Waals surface area contributed by atoms with Crippen LogP contribution in [0.15, 0.2) is 72.8 Å². The van der Waals surface area contributed by atoms with Crippen LogP contribution in [0.3, 0.4) is 0 Å². The van der Waals surface area contributed by atoms with Crippen molar-refractivity contribution in [3.05, 3.63) is 95.3 Å². The van der Waals surface area contributed by atoms with E-state index >= 15 is 0 Å². The number of carbonyl (C=O) groups excluding carboxylic acids is 4. The van der Waals surface area contributed by atoms with Crippen LogP contribution in [0, 0.1) is 5.82 Å². The van der Waals surface area contributed by atoms with Gasteiger partial charge in [-0.3, -0.25) is 19.2 Å². The largest absolute Gasteiger partial charge is 0.508 e. The van der Waals surface area contributed by atoms with Crippen molar-refractivity contribution in [3.63, 3.8) is 0 Å². The van der Waals surface area contributed by atoms with E-state index in [-0.39, 0.29) is 48.5 Å². The fraction of sp³-hybridized carbons (Fsp3) is 0.371. The van der Waals surface area contributed by atoms with E-state index in [0.29, 0.717) is 12.0 Å². The van der Waals surface area contributed by atoms with Gasteiger partial charge in [0.05, 0.1) is 6.54 Å². The van der Waals surface area contributed by atoms with Gasteiger partial charge in [0.25, 0.3) is 0 Å². The van der Waals surface area contributed by atoms with Crippen molar-refractivity contribution in [2.45, 2.75) is 75.9 Å². The minimum absolute atomic E-state index is 0.0347. The number of rotatable bonds is 14. The van der Waals surface area contributed by atoms with Crippen molar-refractivity contribution in [2.24, 2.45) is 0 Å². The predicted octanol–water partition coefficient (Wildman–Crippen LogP) is 3.19. The summed E-state index contributed by atoms with van der Waals surface area (Å²) in [5, 5.41) is 30.4. The van der Waals surface area contributed by atoms with E-state index in [9.17, 15) is 33.8 Å². The average Bonchev–Trinajstić information content (AvgIpc) is 3.05. The minimum Gasteiger partial charge on any atom is -0.508 e. The smallest absolute Gasteiger partial charge is 0.243 e. The molecule has 0 unspecified atom stereocenters. The van der Waals surface area contributed by atoms with Gasteiger partial charge in [-0.1, -0.05) is 55.7 Å². The van der Waals surface area contributed by atoms with Crippen LogP contribution in [0.25, 0.3) is 0 Å². The van der Waals surface area contributed by atoms with Crippen molar-refractivity contribution in [3.8, 4) is 11.5 Å². The first kappa shape index (κ1) is 34.0. The molecule has 10 nitrogen and oxygen atoms in total. The minimum atomic E-state index is -1.03. The molecule has 2 atom stereocenters. The molecular formula is C35H41FN4O6. The lowest BCUT2D eigenvalue weighted by Gasteiger charge is -2.26. The molecule has 0 aromatic heterocycles. The number of hydrogen-bond acceptors (Lipinski definition) is 6. The van der Waals surface area contributed by atoms with Gasteiger partial charge in [-0.25, -0.2) is 4.39 Å². The zero-order chi connectivity index (χ0) is 32.9. The fourth-order valence-corrected chi connectivity index (χ4v) is 5.41. The summed E-state index contributed by atoms with van der Waals surface area (Å²) in [5.74, 6) is -2.14. The van der Waals surface area contributed by atoms with E-state index in [1.165, 1.54) is 36.4 Å². The first-order valence-electron chi connectivity index (χ1n) is 15.6. The normalized spacial score (nSPS) is 14.5. The van der Waals surface area contributed by atoms with Crippen LogP contribution in [0.1, 0.15) is 55.2 Å². The Bertz CT molecular complexity index is 1460. The van der Waals surface area contributed by atoms with Crippen LogP contribution in [0.5, 0.6) is 11.5 Å². The van der Waals surface area contributed by atoms with Gasteiger partial charge in [0.15, 0.2) is 0 Å². The Kier molecular flexibility index (Phi) is 12.5. The summed E-state index contributed by atoms with van der Waals surface area (Å²) in [6, 6.07) is 16.5. The molecule has 0 aliphatic heterocycles. The van der Waals surface area contributed by atoms with Crippen molar-refractivity contribution in [1.82, 2.24) is 21.3 Å². The third-order valence-electron chi connectivity index (χ3n) is 7.98. The molecule has 0 spiro atoms. The molecule has 3 aromatic rings. The number of phenolic OH excluding ortho intramolecular Hbond substituents is 2. The van der Waals surface area contributed by atoms with Gasteiger partial charge >= 0.3 is 0 Å². The lowest BCUT2D eigenvalue weighted by molar-refractivity contribution is -0.131. The molecule has 0 radical (unpaired) electrons. The number of phenols is 2. The van der Waals surface area contributed by atoms with Crippen LogP contribution < -0.4 is 21.3 Å². The standard InChI is InChI=1S/C35H41FN4O6/c36-26-13-6-23(7-14-26)12-19-32(43)39-30(20-24-8-15-28(41)16-9-24)34(45)37-22-33(44)40-31(21-25-10-17-29(42)18-11-25)35(46)38-27-4-2-1-3-5-27/h6-11,13-18,27,30-31,41-42H,1-5,12,19-22H2,(H,37,45)(H,38,46)(H,39,43)(H,40,44)/t30-,31-/m0/s1. The van der Waals surface area contributed by atoms with Gasteiger partial charge in [0.2, 0.25) is 23.6 Å². The highest BCUT2D eigenvalue weighted by molar-refractivity contribution is 5.92. The van der Waals surface area contributed by atoms with E-state index in [1.54, 1.807) is 36.4 Å². The van der Waals surface area contributed by atoms with E-state index < -0.39 is 36.3 Å².